The van der Waals surface area contributed by atoms with E-state index >= 15 is 0 Å². The van der Waals surface area contributed by atoms with Gasteiger partial charge in [0.1, 0.15) is 0 Å². The van der Waals surface area contributed by atoms with Crippen molar-refractivity contribution in [3.8, 4) is 0 Å². The van der Waals surface area contributed by atoms with E-state index in [4.69, 9.17) is 4.74 Å². The lowest BCUT2D eigenvalue weighted by molar-refractivity contribution is -0.150. The van der Waals surface area contributed by atoms with Crippen LogP contribution in [-0.4, -0.2) is 48.9 Å². The molecule has 1 aromatic carbocycles. The monoisotopic (exact) mass is 357 g/mol. The summed E-state index contributed by atoms with van der Waals surface area (Å²) < 4.78 is 27.8. The largest absolute Gasteiger partial charge is 0.452 e. The Morgan fingerprint density at radius 3 is 2.65 bits per heavy atom. The lowest BCUT2D eigenvalue weighted by atomic mass is 10.3. The minimum Gasteiger partial charge on any atom is -0.452 e. The molecule has 0 spiro atoms. The molecule has 1 fully saturated rings. The van der Waals surface area contributed by atoms with E-state index < -0.39 is 27.8 Å². The number of nitrogens with one attached hydrogen (secondary N) is 1. The van der Waals surface area contributed by atoms with Crippen LogP contribution in [0.4, 0.5) is 5.69 Å². The highest BCUT2D eigenvalue weighted by atomic mass is 32.2. The molecule has 0 aliphatic carbocycles. The predicted molar refractivity (Wildman–Crippen MR) is 90.1 cm³/mol. The molecule has 0 saturated carbocycles. The zero-order valence-corrected chi connectivity index (χ0v) is 14.4. The number of hydrogen-bond acceptors (Lipinski definition) is 6. The number of carbonyl (C=O) groups excluding carboxylic acids is 2. The van der Waals surface area contributed by atoms with Crippen LogP contribution in [0.15, 0.2) is 30.3 Å². The molecule has 2 atom stereocenters. The van der Waals surface area contributed by atoms with E-state index in [0.717, 1.165) is 0 Å². The second-order valence-corrected chi connectivity index (χ2v) is 8.84. The molecular weight excluding hydrogens is 338 g/mol. The molecule has 126 valence electrons. The van der Waals surface area contributed by atoms with Crippen LogP contribution in [0.1, 0.15) is 13.3 Å². The second kappa shape index (κ2) is 7.83. The molecule has 0 unspecified atom stereocenters. The van der Waals surface area contributed by atoms with Crippen LogP contribution >= 0.6 is 11.8 Å². The number of hydrogen-bond donors (Lipinski definition) is 1. The minimum atomic E-state index is -2.95. The predicted octanol–water partition coefficient (Wildman–Crippen LogP) is 1.48. The van der Waals surface area contributed by atoms with Gasteiger partial charge in [-0.05, 0) is 25.5 Å². The van der Waals surface area contributed by atoms with E-state index in [2.05, 4.69) is 5.32 Å². The van der Waals surface area contributed by atoms with Gasteiger partial charge < -0.3 is 10.1 Å². The van der Waals surface area contributed by atoms with Gasteiger partial charge in [0.05, 0.1) is 17.3 Å². The Morgan fingerprint density at radius 1 is 1.35 bits per heavy atom. The van der Waals surface area contributed by atoms with Gasteiger partial charge in [0, 0.05) is 10.9 Å². The molecule has 1 amide bonds. The summed E-state index contributed by atoms with van der Waals surface area (Å²) in [5.74, 6) is -0.596. The Morgan fingerprint density at radius 2 is 2.04 bits per heavy atom. The van der Waals surface area contributed by atoms with Crippen molar-refractivity contribution >= 4 is 39.2 Å². The first-order chi connectivity index (χ1) is 10.9. The van der Waals surface area contributed by atoms with Crippen molar-refractivity contribution in [3.63, 3.8) is 0 Å². The van der Waals surface area contributed by atoms with Crippen LogP contribution in [0.2, 0.25) is 0 Å². The fourth-order valence-electron chi connectivity index (χ4n) is 2.13. The van der Waals surface area contributed by atoms with E-state index in [1.54, 1.807) is 24.3 Å². The van der Waals surface area contributed by atoms with E-state index in [1.165, 1.54) is 18.7 Å². The lowest BCUT2D eigenvalue weighted by Gasteiger charge is -2.14. The average Bonchev–Trinajstić information content (AvgIpc) is 2.85. The maximum absolute atomic E-state index is 11.9. The fourth-order valence-corrected chi connectivity index (χ4v) is 5.55. The number of para-hydroxylation sites is 1. The highest BCUT2D eigenvalue weighted by Crippen LogP contribution is 2.24. The molecule has 1 aliphatic rings. The van der Waals surface area contributed by atoms with Gasteiger partial charge >= 0.3 is 5.97 Å². The molecule has 6 nitrogen and oxygen atoms in total. The Kier molecular flexibility index (Phi) is 6.06. The molecule has 1 heterocycles. The molecule has 1 aromatic rings. The van der Waals surface area contributed by atoms with E-state index in [9.17, 15) is 18.0 Å². The minimum absolute atomic E-state index is 0.0448. The summed E-state index contributed by atoms with van der Waals surface area (Å²) in [4.78, 5) is 23.7. The topological polar surface area (TPSA) is 89.5 Å². The van der Waals surface area contributed by atoms with Gasteiger partial charge in [-0.15, -0.1) is 11.8 Å². The normalized spacial score (nSPS) is 20.7. The summed E-state index contributed by atoms with van der Waals surface area (Å²) in [5.41, 5.74) is 0.630. The van der Waals surface area contributed by atoms with E-state index in [1.807, 2.05) is 6.07 Å². The summed E-state index contributed by atoms with van der Waals surface area (Å²) in [6.07, 6.45) is -0.347. The van der Waals surface area contributed by atoms with Crippen LogP contribution in [-0.2, 0) is 24.2 Å². The molecule has 2 rings (SSSR count). The van der Waals surface area contributed by atoms with Crippen LogP contribution in [0, 0.1) is 0 Å². The van der Waals surface area contributed by atoms with Gasteiger partial charge in [-0.2, -0.15) is 0 Å². The Hall–Kier alpha value is -1.54. The molecule has 8 heteroatoms. The smallest absolute Gasteiger partial charge is 0.316 e. The van der Waals surface area contributed by atoms with E-state index in [0.29, 0.717) is 12.1 Å². The van der Waals surface area contributed by atoms with Crippen molar-refractivity contribution in [2.75, 3.05) is 22.6 Å². The zero-order chi connectivity index (χ0) is 16.9. The van der Waals surface area contributed by atoms with Gasteiger partial charge in [-0.25, -0.2) is 8.42 Å². The molecule has 0 radical (unpaired) electrons. The standard InChI is InChI=1S/C15H19NO5S2/c1-11(15(18)16-12-5-3-2-4-6-12)21-14(17)9-22-13-7-8-23(19,20)10-13/h2-6,11,13H,7-10H2,1H3,(H,16,18)/t11-,13-/m1/s1. The van der Waals surface area contributed by atoms with Gasteiger partial charge in [0.2, 0.25) is 0 Å². The van der Waals surface area contributed by atoms with Gasteiger partial charge in [0.15, 0.2) is 15.9 Å². The third-order valence-corrected chi connectivity index (χ3v) is 6.60. The highest BCUT2D eigenvalue weighted by molar-refractivity contribution is 8.02. The summed E-state index contributed by atoms with van der Waals surface area (Å²) in [7, 11) is -2.95. The van der Waals surface area contributed by atoms with Crippen LogP contribution in [0.5, 0.6) is 0 Å². The molecule has 1 N–H and O–H groups in total. The molecule has 1 saturated heterocycles. The van der Waals surface area contributed by atoms with Crippen LogP contribution in [0.25, 0.3) is 0 Å². The number of rotatable bonds is 6. The summed E-state index contributed by atoms with van der Waals surface area (Å²) >= 11 is 1.27. The first kappa shape index (κ1) is 17.8. The quantitative estimate of drug-likeness (QED) is 0.776. The van der Waals surface area contributed by atoms with Gasteiger partial charge in [0.25, 0.3) is 5.91 Å². The number of carbonyl (C=O) groups is 2. The summed E-state index contributed by atoms with van der Waals surface area (Å²) in [5, 5.41) is 2.58. The van der Waals surface area contributed by atoms with Crippen molar-refractivity contribution in [1.82, 2.24) is 0 Å². The lowest BCUT2D eigenvalue weighted by Crippen LogP contribution is -2.30. The SMILES string of the molecule is C[C@@H](OC(=O)CS[C@@H]1CCS(=O)(=O)C1)C(=O)Nc1ccccc1. The molecule has 0 bridgehead atoms. The second-order valence-electron chi connectivity index (χ2n) is 5.32. The highest BCUT2D eigenvalue weighted by Gasteiger charge is 2.29. The third-order valence-electron chi connectivity index (χ3n) is 3.35. The first-order valence-electron chi connectivity index (χ1n) is 7.23. The number of anilines is 1. The average molecular weight is 357 g/mol. The number of ether oxygens (including phenoxy) is 1. The molecular formula is C15H19NO5S2. The number of thioether (sulfide) groups is 1. The summed E-state index contributed by atoms with van der Waals surface area (Å²) in [6.45, 7) is 1.50. The molecule has 23 heavy (non-hydrogen) atoms. The van der Waals surface area contributed by atoms with Crippen molar-refractivity contribution in [2.24, 2.45) is 0 Å². The summed E-state index contributed by atoms with van der Waals surface area (Å²) in [6, 6.07) is 8.89. The number of benzene rings is 1. The van der Waals surface area contributed by atoms with E-state index in [-0.39, 0.29) is 22.5 Å². The number of sulfone groups is 1. The Bertz CT molecular complexity index is 660. The molecule has 0 aromatic heterocycles. The van der Waals surface area contributed by atoms with Crippen LogP contribution in [0.3, 0.4) is 0 Å². The van der Waals surface area contributed by atoms with Gasteiger partial charge in [-0.1, -0.05) is 18.2 Å². The van der Waals surface area contributed by atoms with Crippen molar-refractivity contribution in [3.05, 3.63) is 30.3 Å². The first-order valence-corrected chi connectivity index (χ1v) is 10.1. The Balaban J connectivity index is 1.73. The van der Waals surface area contributed by atoms with Crippen molar-refractivity contribution in [1.29, 1.82) is 0 Å². The Labute approximate surface area is 139 Å². The molecule has 1 aliphatic heterocycles. The van der Waals surface area contributed by atoms with Crippen LogP contribution < -0.4 is 5.32 Å². The maximum atomic E-state index is 11.9. The van der Waals surface area contributed by atoms with Crippen molar-refractivity contribution in [2.45, 2.75) is 24.7 Å². The fraction of sp³-hybridized carbons (Fsp3) is 0.467. The number of amides is 1. The van der Waals surface area contributed by atoms with Crippen molar-refractivity contribution < 1.29 is 22.7 Å². The number of esters is 1. The van der Waals surface area contributed by atoms with Gasteiger partial charge in [-0.3, -0.25) is 9.59 Å². The zero-order valence-electron chi connectivity index (χ0n) is 12.7. The maximum Gasteiger partial charge on any atom is 0.316 e. The third kappa shape index (κ3) is 5.87.